The van der Waals surface area contributed by atoms with Crippen molar-refractivity contribution in [3.05, 3.63) is 59.7 Å². The standard InChI is InChI=1S/C25H34N6/c1-19(2)29-13-15-30(16-14-29)24-11-5-10-23-27-21(18-31(23)24)17-28(3)22-9-4-7-20-8-6-12-26-25(20)22/h5-6,8,10-12,18-19,22H,4,7,9,13-17H2,1-3H3/t22-/m0/s1. The summed E-state index contributed by atoms with van der Waals surface area (Å²) in [6.45, 7) is 9.77. The van der Waals surface area contributed by atoms with Crippen LogP contribution < -0.4 is 4.90 Å². The van der Waals surface area contributed by atoms with Crippen molar-refractivity contribution in [2.75, 3.05) is 38.1 Å². The third kappa shape index (κ3) is 4.06. The van der Waals surface area contributed by atoms with Gasteiger partial charge in [-0.1, -0.05) is 12.1 Å². The zero-order valence-electron chi connectivity index (χ0n) is 19.0. The molecule has 1 saturated heterocycles. The van der Waals surface area contributed by atoms with Crippen LogP contribution in [0.4, 0.5) is 5.82 Å². The average molecular weight is 419 g/mol. The average Bonchev–Trinajstić information content (AvgIpc) is 3.21. The first-order valence-corrected chi connectivity index (χ1v) is 11.7. The molecule has 3 aromatic rings. The summed E-state index contributed by atoms with van der Waals surface area (Å²) in [6, 6.07) is 11.8. The Bertz CT molecular complexity index is 1030. The van der Waals surface area contributed by atoms with Crippen molar-refractivity contribution in [3.8, 4) is 0 Å². The molecule has 1 atom stereocenters. The second kappa shape index (κ2) is 8.60. The van der Waals surface area contributed by atoms with E-state index in [9.17, 15) is 0 Å². The van der Waals surface area contributed by atoms with Crippen molar-refractivity contribution in [3.63, 3.8) is 0 Å². The molecule has 1 fully saturated rings. The molecule has 164 valence electrons. The van der Waals surface area contributed by atoms with E-state index in [1.165, 1.54) is 29.9 Å². The second-order valence-electron chi connectivity index (χ2n) is 9.33. The number of aromatic nitrogens is 3. The van der Waals surface area contributed by atoms with E-state index in [1.807, 2.05) is 6.20 Å². The summed E-state index contributed by atoms with van der Waals surface area (Å²) in [4.78, 5) is 17.2. The summed E-state index contributed by atoms with van der Waals surface area (Å²) in [6.07, 6.45) is 7.71. The minimum absolute atomic E-state index is 0.373. The minimum atomic E-state index is 0.373. The van der Waals surface area contributed by atoms with Crippen LogP contribution in [0.2, 0.25) is 0 Å². The maximum atomic E-state index is 4.97. The first-order chi connectivity index (χ1) is 15.1. The molecule has 6 nitrogen and oxygen atoms in total. The number of hydrogen-bond donors (Lipinski definition) is 0. The summed E-state index contributed by atoms with van der Waals surface area (Å²) in [5.74, 6) is 1.26. The zero-order valence-corrected chi connectivity index (χ0v) is 19.0. The lowest BCUT2D eigenvalue weighted by Gasteiger charge is -2.38. The number of imidazole rings is 1. The van der Waals surface area contributed by atoms with Gasteiger partial charge in [0.15, 0.2) is 0 Å². The van der Waals surface area contributed by atoms with Gasteiger partial charge in [0.2, 0.25) is 0 Å². The summed E-state index contributed by atoms with van der Waals surface area (Å²) >= 11 is 0. The van der Waals surface area contributed by atoms with Gasteiger partial charge in [-0.3, -0.25) is 19.2 Å². The Balaban J connectivity index is 1.35. The van der Waals surface area contributed by atoms with E-state index in [-0.39, 0.29) is 0 Å². The predicted molar refractivity (Wildman–Crippen MR) is 125 cm³/mol. The highest BCUT2D eigenvalue weighted by Gasteiger charge is 2.26. The highest BCUT2D eigenvalue weighted by Crippen LogP contribution is 2.32. The van der Waals surface area contributed by atoms with Crippen LogP contribution in [-0.2, 0) is 13.0 Å². The normalized spacial score (nSPS) is 20.0. The number of aryl methyl sites for hydroxylation is 1. The molecular weight excluding hydrogens is 384 g/mol. The SMILES string of the molecule is CC(C)N1CCN(c2cccc3nc(CN(C)[C@H]4CCCc5cccnc54)cn23)CC1. The van der Waals surface area contributed by atoms with Crippen molar-refractivity contribution in [1.29, 1.82) is 0 Å². The van der Waals surface area contributed by atoms with E-state index < -0.39 is 0 Å². The van der Waals surface area contributed by atoms with Crippen LogP contribution in [0.3, 0.4) is 0 Å². The fourth-order valence-electron chi connectivity index (χ4n) is 5.23. The van der Waals surface area contributed by atoms with Crippen LogP contribution in [0.5, 0.6) is 0 Å². The number of pyridine rings is 2. The first-order valence-electron chi connectivity index (χ1n) is 11.7. The molecule has 1 aliphatic heterocycles. The molecule has 0 spiro atoms. The van der Waals surface area contributed by atoms with Gasteiger partial charge in [0.05, 0.1) is 17.4 Å². The Morgan fingerprint density at radius 2 is 1.94 bits per heavy atom. The maximum Gasteiger partial charge on any atom is 0.138 e. The molecule has 0 aromatic carbocycles. The molecule has 31 heavy (non-hydrogen) atoms. The van der Waals surface area contributed by atoms with Crippen LogP contribution in [0.15, 0.2) is 42.7 Å². The third-order valence-corrected chi connectivity index (χ3v) is 7.00. The van der Waals surface area contributed by atoms with Crippen molar-refractivity contribution >= 4 is 11.5 Å². The summed E-state index contributed by atoms with van der Waals surface area (Å²) in [5, 5.41) is 0. The Kier molecular flexibility index (Phi) is 5.67. The van der Waals surface area contributed by atoms with Gasteiger partial charge in [-0.05, 0) is 63.9 Å². The van der Waals surface area contributed by atoms with Gasteiger partial charge in [0.25, 0.3) is 0 Å². The number of piperazine rings is 1. The fraction of sp³-hybridized carbons (Fsp3) is 0.520. The molecule has 0 bridgehead atoms. The quantitative estimate of drug-likeness (QED) is 0.631. The van der Waals surface area contributed by atoms with E-state index in [0.29, 0.717) is 12.1 Å². The van der Waals surface area contributed by atoms with Crippen LogP contribution in [0.25, 0.3) is 5.65 Å². The lowest BCUT2D eigenvalue weighted by atomic mass is 9.91. The highest BCUT2D eigenvalue weighted by molar-refractivity contribution is 5.53. The van der Waals surface area contributed by atoms with Gasteiger partial charge in [0, 0.05) is 51.2 Å². The van der Waals surface area contributed by atoms with Crippen LogP contribution in [0, 0.1) is 0 Å². The minimum Gasteiger partial charge on any atom is -0.355 e. The number of anilines is 1. The van der Waals surface area contributed by atoms with Gasteiger partial charge in [-0.25, -0.2) is 4.98 Å². The Labute approximate surface area is 185 Å². The second-order valence-corrected chi connectivity index (χ2v) is 9.33. The van der Waals surface area contributed by atoms with E-state index in [4.69, 9.17) is 9.97 Å². The third-order valence-electron chi connectivity index (χ3n) is 7.00. The molecule has 0 N–H and O–H groups in total. The molecule has 2 aliphatic rings. The van der Waals surface area contributed by atoms with E-state index in [2.05, 4.69) is 76.5 Å². The number of rotatable bonds is 5. The lowest BCUT2D eigenvalue weighted by Crippen LogP contribution is -2.49. The van der Waals surface area contributed by atoms with Gasteiger partial charge >= 0.3 is 0 Å². The highest BCUT2D eigenvalue weighted by atomic mass is 15.3. The summed E-state index contributed by atoms with van der Waals surface area (Å²) < 4.78 is 2.28. The molecule has 0 amide bonds. The van der Waals surface area contributed by atoms with Crippen LogP contribution >= 0.6 is 0 Å². The number of hydrogen-bond acceptors (Lipinski definition) is 5. The van der Waals surface area contributed by atoms with Gasteiger partial charge < -0.3 is 4.90 Å². The number of fused-ring (bicyclic) bond motifs is 2. The molecule has 0 radical (unpaired) electrons. The Morgan fingerprint density at radius 3 is 2.74 bits per heavy atom. The van der Waals surface area contributed by atoms with Gasteiger partial charge in [0.1, 0.15) is 11.5 Å². The zero-order chi connectivity index (χ0) is 21.4. The molecule has 1 aliphatic carbocycles. The lowest BCUT2D eigenvalue weighted by molar-refractivity contribution is 0.206. The van der Waals surface area contributed by atoms with Crippen LogP contribution in [0.1, 0.15) is 49.7 Å². The fourth-order valence-corrected chi connectivity index (χ4v) is 5.23. The Hall–Kier alpha value is -2.44. The monoisotopic (exact) mass is 418 g/mol. The molecule has 4 heterocycles. The van der Waals surface area contributed by atoms with E-state index in [0.717, 1.165) is 50.5 Å². The summed E-state index contributed by atoms with van der Waals surface area (Å²) in [7, 11) is 2.21. The largest absolute Gasteiger partial charge is 0.355 e. The molecular formula is C25H34N6. The topological polar surface area (TPSA) is 39.9 Å². The Morgan fingerprint density at radius 1 is 1.10 bits per heavy atom. The smallest absolute Gasteiger partial charge is 0.138 e. The maximum absolute atomic E-state index is 4.97. The van der Waals surface area contributed by atoms with Gasteiger partial charge in [-0.2, -0.15) is 0 Å². The first kappa shape index (κ1) is 20.5. The molecule has 5 rings (SSSR count). The number of nitrogens with zero attached hydrogens (tertiary/aromatic N) is 6. The molecule has 6 heteroatoms. The van der Waals surface area contributed by atoms with Gasteiger partial charge in [-0.15, -0.1) is 0 Å². The van der Waals surface area contributed by atoms with Crippen LogP contribution in [-0.4, -0.2) is 63.4 Å². The van der Waals surface area contributed by atoms with E-state index in [1.54, 1.807) is 0 Å². The van der Waals surface area contributed by atoms with Crippen molar-refractivity contribution in [1.82, 2.24) is 24.2 Å². The van der Waals surface area contributed by atoms with Crippen molar-refractivity contribution in [2.45, 2.75) is 51.7 Å². The predicted octanol–water partition coefficient (Wildman–Crippen LogP) is 3.77. The van der Waals surface area contributed by atoms with Crippen molar-refractivity contribution < 1.29 is 0 Å². The molecule has 3 aromatic heterocycles. The molecule has 0 saturated carbocycles. The molecule has 0 unspecified atom stereocenters. The summed E-state index contributed by atoms with van der Waals surface area (Å²) in [5.41, 5.74) is 4.82. The van der Waals surface area contributed by atoms with Crippen molar-refractivity contribution in [2.24, 2.45) is 0 Å². The van der Waals surface area contributed by atoms with E-state index >= 15 is 0 Å².